The summed E-state index contributed by atoms with van der Waals surface area (Å²) < 4.78 is 23.4. The predicted molar refractivity (Wildman–Crippen MR) is 147 cm³/mol. The summed E-state index contributed by atoms with van der Waals surface area (Å²) in [7, 11) is 3.23. The van der Waals surface area contributed by atoms with Crippen LogP contribution < -0.4 is 14.8 Å². The first kappa shape index (κ1) is 26.1. The molecular weight excluding hydrogens is 508 g/mol. The fourth-order valence-electron chi connectivity index (χ4n) is 6.00. The molecule has 3 aliphatic rings. The van der Waals surface area contributed by atoms with Crippen LogP contribution >= 0.6 is 0 Å². The van der Waals surface area contributed by atoms with Crippen LogP contribution in [0, 0.1) is 5.92 Å². The van der Waals surface area contributed by atoms with E-state index in [1.54, 1.807) is 19.1 Å². The number of hydrogen-bond acceptors (Lipinski definition) is 6. The molecule has 0 radical (unpaired) electrons. The van der Waals surface area contributed by atoms with E-state index in [-0.39, 0.29) is 18.4 Å². The average Bonchev–Trinajstić information content (AvgIpc) is 3.63. The maximum Gasteiger partial charge on any atom is 0.246 e. The number of methoxy groups -OCH3 is 2. The van der Waals surface area contributed by atoms with Crippen LogP contribution in [0.25, 0.3) is 0 Å². The number of amides is 2. The molecule has 3 heterocycles. The summed E-state index contributed by atoms with van der Waals surface area (Å²) in [6.45, 7) is 0.926. The molecule has 0 saturated carbocycles. The van der Waals surface area contributed by atoms with Gasteiger partial charge in [-0.3, -0.25) is 9.59 Å². The van der Waals surface area contributed by atoms with Gasteiger partial charge in [-0.1, -0.05) is 66.7 Å². The minimum atomic E-state index is -1.10. The minimum absolute atomic E-state index is 0.151. The maximum atomic E-state index is 14.1. The lowest BCUT2D eigenvalue weighted by molar-refractivity contribution is -0.142. The summed E-state index contributed by atoms with van der Waals surface area (Å²) >= 11 is 0. The number of hydrogen-bond donors (Lipinski definition) is 1. The number of carbonyl (C=O) groups excluding carboxylic acids is 2. The second-order valence-electron chi connectivity index (χ2n) is 10.3. The van der Waals surface area contributed by atoms with Gasteiger partial charge >= 0.3 is 0 Å². The lowest BCUT2D eigenvalue weighted by atomic mass is 9.79. The van der Waals surface area contributed by atoms with Gasteiger partial charge < -0.3 is 29.2 Å². The van der Waals surface area contributed by atoms with E-state index in [0.717, 1.165) is 28.2 Å². The van der Waals surface area contributed by atoms with Gasteiger partial charge in [0, 0.05) is 13.1 Å². The van der Waals surface area contributed by atoms with E-state index in [1.807, 2.05) is 91.0 Å². The second kappa shape index (κ2) is 10.8. The predicted octanol–water partition coefficient (Wildman–Crippen LogP) is 3.64. The molecule has 8 nitrogen and oxygen atoms in total. The van der Waals surface area contributed by atoms with Crippen LogP contribution in [-0.2, 0) is 38.8 Å². The number of benzene rings is 3. The molecule has 0 aromatic heterocycles. The number of likely N-dealkylation sites (tertiary alicyclic amines) is 1. The van der Waals surface area contributed by atoms with Crippen molar-refractivity contribution in [2.24, 2.45) is 5.92 Å². The summed E-state index contributed by atoms with van der Waals surface area (Å²) in [6.07, 6.45) is 2.91. The van der Waals surface area contributed by atoms with Crippen molar-refractivity contribution in [3.63, 3.8) is 0 Å². The molecule has 1 spiro atoms. The minimum Gasteiger partial charge on any atom is -0.497 e. The van der Waals surface area contributed by atoms with Crippen molar-refractivity contribution in [3.8, 4) is 11.5 Å². The van der Waals surface area contributed by atoms with Gasteiger partial charge in [-0.15, -0.1) is 0 Å². The number of carbonyl (C=O) groups is 2. The van der Waals surface area contributed by atoms with Crippen LogP contribution in [-0.4, -0.2) is 54.8 Å². The molecule has 8 heteroatoms. The van der Waals surface area contributed by atoms with E-state index in [0.29, 0.717) is 13.2 Å². The second-order valence-corrected chi connectivity index (χ2v) is 10.3. The van der Waals surface area contributed by atoms with Gasteiger partial charge in [0.15, 0.2) is 0 Å². The largest absolute Gasteiger partial charge is 0.497 e. The van der Waals surface area contributed by atoms with Crippen LogP contribution in [0.15, 0.2) is 91.0 Å². The fraction of sp³-hybridized carbons (Fsp3) is 0.312. The summed E-state index contributed by atoms with van der Waals surface area (Å²) in [5.74, 6) is 0.447. The Kier molecular flexibility index (Phi) is 7.04. The Hall–Kier alpha value is -4.14. The highest BCUT2D eigenvalue weighted by Crippen LogP contribution is 2.53. The smallest absolute Gasteiger partial charge is 0.246 e. The Bertz CT molecular complexity index is 1390. The number of ether oxygens (including phenoxy) is 4. The Balaban J connectivity index is 1.27. The topological polar surface area (TPSA) is 86.3 Å². The molecule has 40 heavy (non-hydrogen) atoms. The molecule has 1 N–H and O–H groups in total. The number of nitrogens with zero attached hydrogens (tertiary/aromatic N) is 1. The number of nitrogens with one attached hydrogen (secondary N) is 1. The highest BCUT2D eigenvalue weighted by atomic mass is 16.6. The summed E-state index contributed by atoms with van der Waals surface area (Å²) in [5, 5.41) is 3.05. The molecule has 2 amide bonds. The quantitative estimate of drug-likeness (QED) is 0.395. The van der Waals surface area contributed by atoms with Gasteiger partial charge in [0.1, 0.15) is 41.3 Å². The Morgan fingerprint density at radius 3 is 2.20 bits per heavy atom. The van der Waals surface area contributed by atoms with Crippen molar-refractivity contribution in [3.05, 3.63) is 108 Å². The van der Waals surface area contributed by atoms with Crippen molar-refractivity contribution in [1.29, 1.82) is 0 Å². The van der Waals surface area contributed by atoms with Crippen LogP contribution in [0.2, 0.25) is 0 Å². The van der Waals surface area contributed by atoms with E-state index in [4.69, 9.17) is 18.9 Å². The van der Waals surface area contributed by atoms with Gasteiger partial charge in [0.2, 0.25) is 11.8 Å². The van der Waals surface area contributed by atoms with Gasteiger partial charge in [-0.2, -0.15) is 0 Å². The summed E-state index contributed by atoms with van der Waals surface area (Å²) in [5.41, 5.74) is 1.73. The SMILES string of the molecule is COc1ccc(CO[C@@H]2[C@@H]3C=C[C@]4(O3)[C@H](C(=O)NCc3ccccc3)N(Cc3ccc(OC)cc3)C(=O)[C@@H]24)cc1. The van der Waals surface area contributed by atoms with Gasteiger partial charge in [-0.05, 0) is 41.0 Å². The summed E-state index contributed by atoms with van der Waals surface area (Å²) in [6, 6.07) is 24.0. The third-order valence-corrected chi connectivity index (χ3v) is 7.98. The molecule has 5 atom stereocenters. The van der Waals surface area contributed by atoms with Crippen molar-refractivity contribution in [2.45, 2.75) is 43.5 Å². The van der Waals surface area contributed by atoms with E-state index in [1.165, 1.54) is 0 Å². The third-order valence-electron chi connectivity index (χ3n) is 7.98. The van der Waals surface area contributed by atoms with Crippen molar-refractivity contribution < 1.29 is 28.5 Å². The average molecular weight is 541 g/mol. The van der Waals surface area contributed by atoms with Crippen molar-refractivity contribution in [2.75, 3.05) is 14.2 Å². The first-order valence-corrected chi connectivity index (χ1v) is 13.4. The van der Waals surface area contributed by atoms with Gasteiger partial charge in [0.25, 0.3) is 0 Å². The molecule has 2 bridgehead atoms. The van der Waals surface area contributed by atoms with Crippen LogP contribution in [0.1, 0.15) is 16.7 Å². The third kappa shape index (κ3) is 4.63. The van der Waals surface area contributed by atoms with Crippen LogP contribution in [0.5, 0.6) is 11.5 Å². The molecule has 0 unspecified atom stereocenters. The Morgan fingerprint density at radius 2 is 1.55 bits per heavy atom. The van der Waals surface area contributed by atoms with Crippen molar-refractivity contribution in [1.82, 2.24) is 10.2 Å². The number of rotatable bonds is 10. The first-order chi connectivity index (χ1) is 19.5. The Morgan fingerprint density at radius 1 is 0.900 bits per heavy atom. The first-order valence-electron chi connectivity index (χ1n) is 13.4. The van der Waals surface area contributed by atoms with E-state index in [2.05, 4.69) is 5.32 Å². The molecular formula is C32H32N2O6. The number of fused-ring (bicyclic) bond motifs is 1. The lowest BCUT2D eigenvalue weighted by Gasteiger charge is -2.32. The molecule has 2 fully saturated rings. The van der Waals surface area contributed by atoms with Crippen LogP contribution in [0.4, 0.5) is 0 Å². The van der Waals surface area contributed by atoms with E-state index >= 15 is 0 Å². The van der Waals surface area contributed by atoms with Crippen LogP contribution in [0.3, 0.4) is 0 Å². The molecule has 3 aromatic rings. The van der Waals surface area contributed by atoms with Gasteiger partial charge in [0.05, 0.1) is 20.8 Å². The van der Waals surface area contributed by atoms with Crippen molar-refractivity contribution >= 4 is 11.8 Å². The summed E-state index contributed by atoms with van der Waals surface area (Å²) in [4.78, 5) is 29.6. The van der Waals surface area contributed by atoms with E-state index < -0.39 is 29.8 Å². The Labute approximate surface area is 233 Å². The van der Waals surface area contributed by atoms with Gasteiger partial charge in [-0.25, -0.2) is 0 Å². The zero-order valence-corrected chi connectivity index (χ0v) is 22.5. The molecule has 3 aliphatic heterocycles. The highest BCUT2D eigenvalue weighted by molar-refractivity contribution is 5.96. The lowest BCUT2D eigenvalue weighted by Crippen LogP contribution is -2.54. The molecule has 0 aliphatic carbocycles. The standard InChI is InChI=1S/C32H32N2O6/c1-37-24-12-8-22(9-13-24)19-34-29(30(35)33-18-21-6-4-3-5-7-21)32-17-16-26(40-32)28(27(32)31(34)36)39-20-23-10-14-25(38-2)15-11-23/h3-17,26-29H,18-20H2,1-2H3,(H,33,35)/t26-,27+,28+,29-,32+/m0/s1. The normalized spacial score (nSPS) is 26.1. The molecule has 2 saturated heterocycles. The molecule has 6 rings (SSSR count). The monoisotopic (exact) mass is 540 g/mol. The zero-order chi connectivity index (χ0) is 27.7. The fourth-order valence-corrected chi connectivity index (χ4v) is 6.00. The maximum absolute atomic E-state index is 14.1. The molecule has 3 aromatic carbocycles. The zero-order valence-electron chi connectivity index (χ0n) is 22.5. The van der Waals surface area contributed by atoms with E-state index in [9.17, 15) is 9.59 Å². The molecule has 206 valence electrons. The highest BCUT2D eigenvalue weighted by Gasteiger charge is 2.71.